The molecule has 0 radical (unpaired) electrons. The van der Waals surface area contributed by atoms with Crippen LogP contribution in [0.4, 0.5) is 13.2 Å². The molecule has 0 saturated heterocycles. The number of ether oxygens (including phenoxy) is 1. The smallest absolute Gasteiger partial charge is 0.422 e. The van der Waals surface area contributed by atoms with Crippen LogP contribution in [-0.2, 0) is 6.54 Å². The van der Waals surface area contributed by atoms with E-state index in [2.05, 4.69) is 21.9 Å². The summed E-state index contributed by atoms with van der Waals surface area (Å²) in [7, 11) is 0. The minimum absolute atomic E-state index is 0.0704. The van der Waals surface area contributed by atoms with Gasteiger partial charge in [0.25, 0.3) is 0 Å². The van der Waals surface area contributed by atoms with Gasteiger partial charge in [0, 0.05) is 29.4 Å². The molecule has 1 unspecified atom stereocenters. The Kier molecular flexibility index (Phi) is 5.61. The van der Waals surface area contributed by atoms with E-state index in [4.69, 9.17) is 4.74 Å². The second-order valence-electron chi connectivity index (χ2n) is 9.08. The molecule has 0 aliphatic heterocycles. The Labute approximate surface area is 193 Å². The number of rotatable bonds is 5. The van der Waals surface area contributed by atoms with Crippen LogP contribution in [-0.4, -0.2) is 36.9 Å². The molecule has 1 aliphatic carbocycles. The van der Waals surface area contributed by atoms with E-state index < -0.39 is 12.8 Å². The molecule has 4 aromatic heterocycles. The number of aromatic nitrogens is 5. The number of pyridine rings is 2. The number of nitrogens with one attached hydrogen (secondary N) is 1. The van der Waals surface area contributed by atoms with Crippen LogP contribution in [0.25, 0.3) is 22.1 Å². The van der Waals surface area contributed by atoms with Gasteiger partial charge in [-0.25, -0.2) is 9.78 Å². The molecule has 0 amide bonds. The van der Waals surface area contributed by atoms with Crippen molar-refractivity contribution in [3.05, 3.63) is 52.5 Å². The van der Waals surface area contributed by atoms with Gasteiger partial charge in [-0.15, -0.1) is 0 Å². The van der Waals surface area contributed by atoms with Crippen molar-refractivity contribution < 1.29 is 17.9 Å². The number of H-pyrrole nitrogens is 1. The Morgan fingerprint density at radius 2 is 2.00 bits per heavy atom. The fourth-order valence-corrected chi connectivity index (χ4v) is 5.09. The molecule has 7 nitrogen and oxygen atoms in total. The van der Waals surface area contributed by atoms with Gasteiger partial charge in [-0.1, -0.05) is 19.8 Å². The van der Waals surface area contributed by atoms with Crippen molar-refractivity contribution in [2.24, 2.45) is 5.92 Å². The average molecular weight is 473 g/mol. The van der Waals surface area contributed by atoms with E-state index in [1.807, 2.05) is 10.6 Å². The molecule has 4 heterocycles. The van der Waals surface area contributed by atoms with Gasteiger partial charge in [-0.3, -0.25) is 14.1 Å². The first kappa shape index (κ1) is 22.5. The summed E-state index contributed by atoms with van der Waals surface area (Å²) in [6.45, 7) is 2.56. The molecule has 2 atom stereocenters. The van der Waals surface area contributed by atoms with E-state index in [9.17, 15) is 18.0 Å². The van der Waals surface area contributed by atoms with Crippen LogP contribution in [0, 0.1) is 12.8 Å². The van der Waals surface area contributed by atoms with Crippen molar-refractivity contribution in [1.29, 1.82) is 0 Å². The molecule has 0 spiro atoms. The molecular weight excluding hydrogens is 447 g/mol. The highest BCUT2D eigenvalue weighted by Gasteiger charge is 2.30. The summed E-state index contributed by atoms with van der Waals surface area (Å²) in [5.74, 6) is 0.456. The lowest BCUT2D eigenvalue weighted by atomic mass is 9.85. The van der Waals surface area contributed by atoms with E-state index in [0.29, 0.717) is 28.3 Å². The molecule has 1 aliphatic rings. The van der Waals surface area contributed by atoms with E-state index in [1.165, 1.54) is 12.3 Å². The van der Waals surface area contributed by atoms with Gasteiger partial charge in [0.15, 0.2) is 6.61 Å². The number of halogens is 3. The van der Waals surface area contributed by atoms with E-state index in [1.54, 1.807) is 23.9 Å². The highest BCUT2D eigenvalue weighted by Crippen LogP contribution is 2.36. The van der Waals surface area contributed by atoms with Crippen molar-refractivity contribution in [3.63, 3.8) is 0 Å². The van der Waals surface area contributed by atoms with Crippen LogP contribution in [0.15, 0.2) is 35.5 Å². The average Bonchev–Trinajstić information content (AvgIpc) is 3.37. The maximum Gasteiger partial charge on any atom is 0.422 e. The third-order valence-electron chi connectivity index (χ3n) is 6.86. The van der Waals surface area contributed by atoms with Crippen LogP contribution in [0.1, 0.15) is 49.9 Å². The predicted molar refractivity (Wildman–Crippen MR) is 122 cm³/mol. The molecule has 1 saturated carbocycles. The van der Waals surface area contributed by atoms with Gasteiger partial charge in [-0.05, 0) is 37.8 Å². The van der Waals surface area contributed by atoms with Crippen LogP contribution in [0.2, 0.25) is 0 Å². The topological polar surface area (TPSA) is 77.7 Å². The third-order valence-corrected chi connectivity index (χ3v) is 6.86. The van der Waals surface area contributed by atoms with E-state index in [0.717, 1.165) is 36.6 Å². The molecule has 5 rings (SSSR count). The van der Waals surface area contributed by atoms with Crippen molar-refractivity contribution >= 4 is 22.1 Å². The van der Waals surface area contributed by atoms with Crippen molar-refractivity contribution in [3.8, 4) is 5.75 Å². The molecule has 0 aromatic carbocycles. The summed E-state index contributed by atoms with van der Waals surface area (Å²) in [6.07, 6.45) is 4.65. The molecule has 10 heteroatoms. The highest BCUT2D eigenvalue weighted by atomic mass is 19.4. The zero-order valence-corrected chi connectivity index (χ0v) is 19.0. The summed E-state index contributed by atoms with van der Waals surface area (Å²) >= 11 is 0. The summed E-state index contributed by atoms with van der Waals surface area (Å²) in [5.41, 5.74) is 3.01. The SMILES string of the molecule is Cc1c(OCC(F)(F)F)ccnc1Cn1c(=O)n([C@H]2CCCCC2C)c2c3cc[nH]c3ncc21. The minimum Gasteiger partial charge on any atom is -0.484 e. The monoisotopic (exact) mass is 473 g/mol. The molecule has 180 valence electrons. The lowest BCUT2D eigenvalue weighted by Gasteiger charge is -2.29. The van der Waals surface area contributed by atoms with Crippen LogP contribution >= 0.6 is 0 Å². The number of aromatic amines is 1. The fourth-order valence-electron chi connectivity index (χ4n) is 5.09. The van der Waals surface area contributed by atoms with Gasteiger partial charge in [0.1, 0.15) is 11.4 Å². The van der Waals surface area contributed by atoms with Crippen molar-refractivity contribution in [1.82, 2.24) is 24.1 Å². The standard InChI is InChI=1S/C24H26F3N5O2/c1-14-5-3-4-6-18(14)32-21-16-7-9-29-22(16)30-11-19(21)31(23(32)33)12-17-15(2)20(8-10-28-17)34-13-24(25,26)27/h7-11,14,18H,3-6,12-13H2,1-2H3,(H,29,30)/t14?,18-/m0/s1. The van der Waals surface area contributed by atoms with Gasteiger partial charge in [0.2, 0.25) is 0 Å². The first-order valence-corrected chi connectivity index (χ1v) is 11.5. The molecular formula is C24H26F3N5O2. The van der Waals surface area contributed by atoms with Crippen LogP contribution in [0.3, 0.4) is 0 Å². The molecule has 34 heavy (non-hydrogen) atoms. The summed E-state index contributed by atoms with van der Waals surface area (Å²) in [4.78, 5) is 25.8. The first-order valence-electron chi connectivity index (χ1n) is 11.5. The maximum absolute atomic E-state index is 13.8. The Hall–Kier alpha value is -3.30. The lowest BCUT2D eigenvalue weighted by molar-refractivity contribution is -0.153. The first-order chi connectivity index (χ1) is 16.2. The van der Waals surface area contributed by atoms with Gasteiger partial charge in [0.05, 0.1) is 29.5 Å². The number of imidazole rings is 1. The van der Waals surface area contributed by atoms with Gasteiger partial charge < -0.3 is 9.72 Å². The molecule has 1 N–H and O–H groups in total. The summed E-state index contributed by atoms with van der Waals surface area (Å²) in [6, 6.07) is 3.40. The Balaban J connectivity index is 1.63. The number of hydrogen-bond donors (Lipinski definition) is 1. The minimum atomic E-state index is -4.44. The zero-order valence-electron chi connectivity index (χ0n) is 19.0. The number of hydrogen-bond acceptors (Lipinski definition) is 4. The maximum atomic E-state index is 13.8. The number of alkyl halides is 3. The van der Waals surface area contributed by atoms with Crippen molar-refractivity contribution in [2.45, 2.75) is 58.3 Å². The second-order valence-corrected chi connectivity index (χ2v) is 9.08. The van der Waals surface area contributed by atoms with Crippen LogP contribution < -0.4 is 10.4 Å². The fraction of sp³-hybridized carbons (Fsp3) is 0.458. The Morgan fingerprint density at radius 1 is 1.21 bits per heavy atom. The predicted octanol–water partition coefficient (Wildman–Crippen LogP) is 5.12. The molecule has 1 fully saturated rings. The van der Waals surface area contributed by atoms with Crippen molar-refractivity contribution in [2.75, 3.05) is 6.61 Å². The second kappa shape index (κ2) is 8.48. The number of nitrogens with zero attached hydrogens (tertiary/aromatic N) is 4. The van der Waals surface area contributed by atoms with Crippen LogP contribution in [0.5, 0.6) is 5.75 Å². The quantitative estimate of drug-likeness (QED) is 0.436. The summed E-state index contributed by atoms with van der Waals surface area (Å²) < 4.78 is 46.5. The normalized spacial score (nSPS) is 19.2. The largest absolute Gasteiger partial charge is 0.484 e. The molecule has 0 bridgehead atoms. The van der Waals surface area contributed by atoms with E-state index in [-0.39, 0.29) is 24.0 Å². The summed E-state index contributed by atoms with van der Waals surface area (Å²) in [5, 5.41) is 0.873. The van der Waals surface area contributed by atoms with Gasteiger partial charge in [-0.2, -0.15) is 13.2 Å². The third kappa shape index (κ3) is 3.95. The lowest BCUT2D eigenvalue weighted by Crippen LogP contribution is -2.32. The Morgan fingerprint density at radius 3 is 2.76 bits per heavy atom. The highest BCUT2D eigenvalue weighted by molar-refractivity contribution is 6.01. The van der Waals surface area contributed by atoms with E-state index >= 15 is 0 Å². The van der Waals surface area contributed by atoms with Gasteiger partial charge >= 0.3 is 11.9 Å². The number of fused-ring (bicyclic) bond motifs is 3. The Bertz CT molecular complexity index is 1400. The molecule has 4 aromatic rings. The zero-order chi connectivity index (χ0) is 24.0.